The van der Waals surface area contributed by atoms with Crippen molar-refractivity contribution in [1.82, 2.24) is 4.90 Å². The fourth-order valence-electron chi connectivity index (χ4n) is 2.28. The topological polar surface area (TPSA) is 57.6 Å². The Balaban J connectivity index is 2.01. The van der Waals surface area contributed by atoms with Crippen LogP contribution in [0.4, 0.5) is 4.39 Å². The van der Waals surface area contributed by atoms with Gasteiger partial charge in [-0.3, -0.25) is 9.59 Å². The average molecular weight is 265 g/mol. The number of halogens is 1. The van der Waals surface area contributed by atoms with E-state index in [0.717, 1.165) is 0 Å². The standard InChI is InChI=1S/C14H16FNO3/c1-14(13(18)19)5-6-16(9-14)12(17)8-10-3-2-4-11(15)7-10/h2-4,7H,5-6,8-9H2,1H3,(H,18,19)/t14-/m1/s1. The van der Waals surface area contributed by atoms with Crippen molar-refractivity contribution in [2.75, 3.05) is 13.1 Å². The number of carboxylic acids is 1. The predicted molar refractivity (Wildman–Crippen MR) is 67.0 cm³/mol. The van der Waals surface area contributed by atoms with E-state index < -0.39 is 11.4 Å². The molecule has 102 valence electrons. The Morgan fingerprint density at radius 2 is 2.21 bits per heavy atom. The van der Waals surface area contributed by atoms with Gasteiger partial charge in [0.25, 0.3) is 0 Å². The third kappa shape index (κ3) is 2.92. The summed E-state index contributed by atoms with van der Waals surface area (Å²) in [5, 5.41) is 9.11. The second-order valence-electron chi connectivity index (χ2n) is 5.24. The smallest absolute Gasteiger partial charge is 0.311 e. The summed E-state index contributed by atoms with van der Waals surface area (Å²) in [5.41, 5.74) is -0.258. The fourth-order valence-corrected chi connectivity index (χ4v) is 2.28. The molecule has 1 aliphatic rings. The van der Waals surface area contributed by atoms with Gasteiger partial charge in [0.05, 0.1) is 11.8 Å². The number of hydrogen-bond acceptors (Lipinski definition) is 2. The van der Waals surface area contributed by atoms with Crippen LogP contribution in [0.2, 0.25) is 0 Å². The molecule has 1 aromatic rings. The Kier molecular flexibility index (Phi) is 3.55. The van der Waals surface area contributed by atoms with Crippen molar-refractivity contribution < 1.29 is 19.1 Å². The minimum absolute atomic E-state index is 0.105. The van der Waals surface area contributed by atoms with Gasteiger partial charge in [0, 0.05) is 13.1 Å². The molecule has 1 amide bonds. The van der Waals surface area contributed by atoms with Crippen LogP contribution in [-0.2, 0) is 16.0 Å². The van der Waals surface area contributed by atoms with E-state index in [-0.39, 0.29) is 24.7 Å². The van der Waals surface area contributed by atoms with Crippen molar-refractivity contribution in [1.29, 1.82) is 0 Å². The maximum absolute atomic E-state index is 13.0. The minimum atomic E-state index is -0.881. The lowest BCUT2D eigenvalue weighted by molar-refractivity contribution is -0.147. The molecule has 0 unspecified atom stereocenters. The molecule has 1 heterocycles. The van der Waals surface area contributed by atoms with Crippen molar-refractivity contribution in [3.05, 3.63) is 35.6 Å². The quantitative estimate of drug-likeness (QED) is 0.904. The molecule has 2 rings (SSSR count). The maximum Gasteiger partial charge on any atom is 0.311 e. The number of nitrogens with zero attached hydrogens (tertiary/aromatic N) is 1. The summed E-state index contributed by atoms with van der Waals surface area (Å²) < 4.78 is 13.0. The largest absolute Gasteiger partial charge is 0.481 e. The Morgan fingerprint density at radius 1 is 1.47 bits per heavy atom. The second-order valence-corrected chi connectivity index (χ2v) is 5.24. The van der Waals surface area contributed by atoms with Gasteiger partial charge in [-0.05, 0) is 31.0 Å². The number of likely N-dealkylation sites (tertiary alicyclic amines) is 1. The summed E-state index contributed by atoms with van der Waals surface area (Å²) in [6, 6.07) is 5.90. The van der Waals surface area contributed by atoms with E-state index in [9.17, 15) is 14.0 Å². The molecule has 5 heteroatoms. The zero-order valence-corrected chi connectivity index (χ0v) is 10.7. The van der Waals surface area contributed by atoms with Crippen molar-refractivity contribution >= 4 is 11.9 Å². The van der Waals surface area contributed by atoms with Gasteiger partial charge in [-0.2, -0.15) is 0 Å². The third-order valence-corrected chi connectivity index (χ3v) is 3.59. The molecule has 1 aromatic carbocycles. The highest BCUT2D eigenvalue weighted by Crippen LogP contribution is 2.30. The molecule has 1 atom stereocenters. The Hall–Kier alpha value is -1.91. The molecule has 0 bridgehead atoms. The normalized spacial score (nSPS) is 22.5. The van der Waals surface area contributed by atoms with E-state index in [2.05, 4.69) is 0 Å². The third-order valence-electron chi connectivity index (χ3n) is 3.59. The Bertz CT molecular complexity index is 517. The highest BCUT2D eigenvalue weighted by molar-refractivity contribution is 5.81. The van der Waals surface area contributed by atoms with Crippen LogP contribution in [0, 0.1) is 11.2 Å². The zero-order valence-electron chi connectivity index (χ0n) is 10.7. The molecule has 4 nitrogen and oxygen atoms in total. The number of amides is 1. The van der Waals surface area contributed by atoms with Gasteiger partial charge in [-0.1, -0.05) is 12.1 Å². The van der Waals surface area contributed by atoms with Gasteiger partial charge in [-0.25, -0.2) is 4.39 Å². The molecule has 0 spiro atoms. The molecular formula is C14H16FNO3. The number of carbonyl (C=O) groups excluding carboxylic acids is 1. The van der Waals surface area contributed by atoms with Gasteiger partial charge < -0.3 is 10.0 Å². The molecule has 0 aromatic heterocycles. The summed E-state index contributed by atoms with van der Waals surface area (Å²) in [5.74, 6) is -1.41. The van der Waals surface area contributed by atoms with Crippen molar-refractivity contribution in [2.45, 2.75) is 19.8 Å². The lowest BCUT2D eigenvalue weighted by atomic mass is 9.90. The molecule has 0 aliphatic carbocycles. The van der Waals surface area contributed by atoms with Crippen LogP contribution in [0.1, 0.15) is 18.9 Å². The average Bonchev–Trinajstić information content (AvgIpc) is 2.73. The summed E-state index contributed by atoms with van der Waals surface area (Å²) in [6.07, 6.45) is 0.560. The first-order valence-electron chi connectivity index (χ1n) is 6.16. The lowest BCUT2D eigenvalue weighted by Gasteiger charge is -2.20. The van der Waals surface area contributed by atoms with E-state index in [1.807, 2.05) is 0 Å². The molecule has 1 saturated heterocycles. The summed E-state index contributed by atoms with van der Waals surface area (Å²) >= 11 is 0. The number of rotatable bonds is 3. The van der Waals surface area contributed by atoms with Crippen LogP contribution in [0.3, 0.4) is 0 Å². The van der Waals surface area contributed by atoms with Crippen LogP contribution in [0.25, 0.3) is 0 Å². The van der Waals surface area contributed by atoms with Gasteiger partial charge >= 0.3 is 5.97 Å². The number of carbonyl (C=O) groups is 2. The van der Waals surface area contributed by atoms with Crippen molar-refractivity contribution in [3.8, 4) is 0 Å². The number of carboxylic acid groups (broad SMARTS) is 1. The Morgan fingerprint density at radius 3 is 2.79 bits per heavy atom. The Labute approximate surface area is 110 Å². The molecule has 19 heavy (non-hydrogen) atoms. The highest BCUT2D eigenvalue weighted by Gasteiger charge is 2.41. The van der Waals surface area contributed by atoms with Crippen molar-refractivity contribution in [2.24, 2.45) is 5.41 Å². The predicted octanol–water partition coefficient (Wildman–Crippen LogP) is 1.69. The molecule has 1 N–H and O–H groups in total. The van der Waals surface area contributed by atoms with Crippen LogP contribution in [0.5, 0.6) is 0 Å². The van der Waals surface area contributed by atoms with E-state index in [4.69, 9.17) is 5.11 Å². The first-order chi connectivity index (χ1) is 8.90. The highest BCUT2D eigenvalue weighted by atomic mass is 19.1. The van der Waals surface area contributed by atoms with Crippen molar-refractivity contribution in [3.63, 3.8) is 0 Å². The first kappa shape index (κ1) is 13.5. The van der Waals surface area contributed by atoms with Gasteiger partial charge in [0.15, 0.2) is 0 Å². The van der Waals surface area contributed by atoms with Gasteiger partial charge in [0.2, 0.25) is 5.91 Å². The van der Waals surface area contributed by atoms with Crippen LogP contribution in [0.15, 0.2) is 24.3 Å². The zero-order chi connectivity index (χ0) is 14.0. The van der Waals surface area contributed by atoms with Crippen LogP contribution < -0.4 is 0 Å². The monoisotopic (exact) mass is 265 g/mol. The lowest BCUT2D eigenvalue weighted by Crippen LogP contribution is -2.35. The molecular weight excluding hydrogens is 249 g/mol. The van der Waals surface area contributed by atoms with E-state index in [0.29, 0.717) is 18.5 Å². The van der Waals surface area contributed by atoms with Gasteiger partial charge in [-0.15, -0.1) is 0 Å². The van der Waals surface area contributed by atoms with Crippen LogP contribution >= 0.6 is 0 Å². The second kappa shape index (κ2) is 4.99. The van der Waals surface area contributed by atoms with Gasteiger partial charge in [0.1, 0.15) is 5.82 Å². The molecule has 0 saturated carbocycles. The van der Waals surface area contributed by atoms with E-state index in [1.165, 1.54) is 12.1 Å². The molecule has 0 radical (unpaired) electrons. The summed E-state index contributed by atoms with van der Waals surface area (Å²) in [7, 11) is 0. The minimum Gasteiger partial charge on any atom is -0.481 e. The number of benzene rings is 1. The molecule has 1 aliphatic heterocycles. The van der Waals surface area contributed by atoms with Crippen LogP contribution in [-0.4, -0.2) is 35.0 Å². The maximum atomic E-state index is 13.0. The summed E-state index contributed by atoms with van der Waals surface area (Å²) in [4.78, 5) is 24.7. The van der Waals surface area contributed by atoms with E-state index >= 15 is 0 Å². The summed E-state index contributed by atoms with van der Waals surface area (Å²) in [6.45, 7) is 2.30. The van der Waals surface area contributed by atoms with E-state index in [1.54, 1.807) is 24.0 Å². The fraction of sp³-hybridized carbons (Fsp3) is 0.429. The number of aliphatic carboxylic acids is 1. The number of hydrogen-bond donors (Lipinski definition) is 1. The molecule has 1 fully saturated rings. The first-order valence-corrected chi connectivity index (χ1v) is 6.16. The SMILES string of the molecule is C[C@@]1(C(=O)O)CCN(C(=O)Cc2cccc(F)c2)C1.